The molecule has 6 N–H and O–H groups in total. The number of anilines is 2. The van der Waals surface area contributed by atoms with Gasteiger partial charge in [0.1, 0.15) is 5.75 Å². The molecule has 0 bridgehead atoms. The standard InChI is InChI=1S/C32H47N7O2/c1-11-32(7,8)35-17-23-14-24(16-26(29(23)41-10)31(4,5)6)37-30(40)22-13-12-20(2)28(15-22)39(34)19-27(33)25-18-36-38(9)21(25)3/h12-16,18-19,35H,11,17,33-34H2,1-10H3,(H,37,40)/b27-19-. The largest absolute Gasteiger partial charge is 0.496 e. The highest BCUT2D eigenvalue weighted by atomic mass is 16.5. The van der Waals surface area contributed by atoms with Crippen molar-refractivity contribution >= 4 is 23.0 Å². The first-order chi connectivity index (χ1) is 19.1. The summed E-state index contributed by atoms with van der Waals surface area (Å²) in [5.41, 5.74) is 13.1. The Balaban J connectivity index is 1.94. The van der Waals surface area contributed by atoms with Gasteiger partial charge in [-0.2, -0.15) is 5.10 Å². The number of amides is 1. The molecule has 1 amide bonds. The van der Waals surface area contributed by atoms with E-state index in [1.165, 1.54) is 5.01 Å². The lowest BCUT2D eigenvalue weighted by molar-refractivity contribution is 0.102. The summed E-state index contributed by atoms with van der Waals surface area (Å²) in [6.07, 6.45) is 4.33. The van der Waals surface area contributed by atoms with Crippen molar-refractivity contribution in [2.75, 3.05) is 17.4 Å². The molecule has 0 fully saturated rings. The highest BCUT2D eigenvalue weighted by molar-refractivity contribution is 6.05. The third kappa shape index (κ3) is 7.48. The average Bonchev–Trinajstić information content (AvgIpc) is 3.24. The summed E-state index contributed by atoms with van der Waals surface area (Å²) < 4.78 is 7.63. The first kappa shape index (κ1) is 31.7. The smallest absolute Gasteiger partial charge is 0.255 e. The van der Waals surface area contributed by atoms with Crippen LogP contribution in [0.2, 0.25) is 0 Å². The zero-order chi connectivity index (χ0) is 30.7. The maximum atomic E-state index is 13.5. The molecule has 3 aromatic rings. The number of aryl methyl sites for hydroxylation is 2. The zero-order valence-corrected chi connectivity index (χ0v) is 26.3. The lowest BCUT2D eigenvalue weighted by Crippen LogP contribution is -2.38. The van der Waals surface area contributed by atoms with Crippen LogP contribution in [-0.2, 0) is 19.0 Å². The van der Waals surface area contributed by atoms with E-state index in [0.29, 0.717) is 29.2 Å². The summed E-state index contributed by atoms with van der Waals surface area (Å²) in [4.78, 5) is 13.5. The molecular weight excluding hydrogens is 514 g/mol. The van der Waals surface area contributed by atoms with Gasteiger partial charge in [-0.1, -0.05) is 33.8 Å². The molecule has 0 spiro atoms. The van der Waals surface area contributed by atoms with Crippen LogP contribution in [0.4, 0.5) is 11.4 Å². The molecule has 41 heavy (non-hydrogen) atoms. The van der Waals surface area contributed by atoms with Crippen LogP contribution in [0.5, 0.6) is 5.75 Å². The number of hydrogen-bond acceptors (Lipinski definition) is 7. The monoisotopic (exact) mass is 561 g/mol. The molecule has 1 heterocycles. The maximum Gasteiger partial charge on any atom is 0.255 e. The second-order valence-electron chi connectivity index (χ2n) is 12.3. The van der Waals surface area contributed by atoms with Crippen molar-refractivity contribution in [2.24, 2.45) is 18.6 Å². The summed E-state index contributed by atoms with van der Waals surface area (Å²) in [5, 5.41) is 12.4. The normalized spacial score (nSPS) is 12.4. The Morgan fingerprint density at radius 2 is 1.83 bits per heavy atom. The quantitative estimate of drug-likeness (QED) is 0.190. The van der Waals surface area contributed by atoms with E-state index >= 15 is 0 Å². The molecule has 0 aliphatic carbocycles. The summed E-state index contributed by atoms with van der Waals surface area (Å²) in [6.45, 7) is 17.4. The molecule has 0 radical (unpaired) electrons. The van der Waals surface area contributed by atoms with Crippen molar-refractivity contribution in [1.29, 1.82) is 0 Å². The van der Waals surface area contributed by atoms with Gasteiger partial charge in [-0.3, -0.25) is 14.5 Å². The van der Waals surface area contributed by atoms with E-state index in [-0.39, 0.29) is 16.9 Å². The van der Waals surface area contributed by atoms with Gasteiger partial charge in [-0.05, 0) is 69.4 Å². The van der Waals surface area contributed by atoms with Gasteiger partial charge in [0.15, 0.2) is 0 Å². The fourth-order valence-electron chi connectivity index (χ4n) is 4.45. The third-order valence-electron chi connectivity index (χ3n) is 7.65. The number of hydrazine groups is 1. The van der Waals surface area contributed by atoms with Crippen LogP contribution < -0.4 is 32.0 Å². The van der Waals surface area contributed by atoms with Crippen molar-refractivity contribution in [3.05, 3.63) is 76.2 Å². The van der Waals surface area contributed by atoms with E-state index < -0.39 is 0 Å². The Bertz CT molecular complexity index is 1430. The van der Waals surface area contributed by atoms with E-state index in [0.717, 1.165) is 40.1 Å². The molecule has 0 aliphatic heterocycles. The van der Waals surface area contributed by atoms with E-state index in [4.69, 9.17) is 16.3 Å². The minimum absolute atomic E-state index is 0.0356. The highest BCUT2D eigenvalue weighted by Crippen LogP contribution is 2.37. The number of methoxy groups -OCH3 is 1. The molecule has 9 heteroatoms. The number of nitrogens with two attached hydrogens (primary N) is 2. The Labute approximate surface area is 244 Å². The highest BCUT2D eigenvalue weighted by Gasteiger charge is 2.24. The number of nitrogens with one attached hydrogen (secondary N) is 2. The number of benzene rings is 2. The molecule has 0 saturated heterocycles. The molecular formula is C32H47N7O2. The summed E-state index contributed by atoms with van der Waals surface area (Å²) in [6, 6.07) is 9.41. The number of ether oxygens (including phenoxy) is 1. The van der Waals surface area contributed by atoms with Crippen LogP contribution in [0.3, 0.4) is 0 Å². The van der Waals surface area contributed by atoms with Crippen molar-refractivity contribution in [2.45, 2.75) is 79.3 Å². The molecule has 0 saturated carbocycles. The van der Waals surface area contributed by atoms with Crippen molar-refractivity contribution in [3.8, 4) is 5.75 Å². The van der Waals surface area contributed by atoms with E-state index in [1.54, 1.807) is 36.3 Å². The molecule has 0 atom stereocenters. The number of aromatic nitrogens is 2. The molecule has 222 valence electrons. The van der Waals surface area contributed by atoms with Gasteiger partial charge in [0.05, 0.1) is 24.7 Å². The van der Waals surface area contributed by atoms with Crippen LogP contribution in [0.25, 0.3) is 5.70 Å². The zero-order valence-electron chi connectivity index (χ0n) is 26.3. The predicted molar refractivity (Wildman–Crippen MR) is 169 cm³/mol. The van der Waals surface area contributed by atoms with Crippen LogP contribution >= 0.6 is 0 Å². The number of carbonyl (C=O) groups excluding carboxylic acids is 1. The fraction of sp³-hybridized carbons (Fsp3) is 0.438. The number of rotatable bonds is 10. The topological polar surface area (TPSA) is 123 Å². The second kappa shape index (κ2) is 12.4. The Hall–Kier alpha value is -3.82. The SMILES string of the molecule is CCC(C)(C)NCc1cc(NC(=O)c2ccc(C)c(N(N)/C=C(\N)c3cnn(C)c3C)c2)cc(C(C)(C)C)c1OC. The first-order valence-electron chi connectivity index (χ1n) is 14.0. The average molecular weight is 562 g/mol. The van der Waals surface area contributed by atoms with Gasteiger partial charge in [0.2, 0.25) is 0 Å². The number of nitrogens with zero attached hydrogens (tertiary/aromatic N) is 3. The Kier molecular flexibility index (Phi) is 9.56. The fourth-order valence-corrected chi connectivity index (χ4v) is 4.45. The molecule has 3 rings (SSSR count). The van der Waals surface area contributed by atoms with Gasteiger partial charge in [0, 0.05) is 59.0 Å². The minimum atomic E-state index is -0.238. The van der Waals surface area contributed by atoms with Crippen molar-refractivity contribution in [3.63, 3.8) is 0 Å². The van der Waals surface area contributed by atoms with E-state index in [2.05, 4.69) is 57.3 Å². The van der Waals surface area contributed by atoms with Crippen molar-refractivity contribution < 1.29 is 9.53 Å². The van der Waals surface area contributed by atoms with Crippen molar-refractivity contribution in [1.82, 2.24) is 15.1 Å². The van der Waals surface area contributed by atoms with Gasteiger partial charge in [-0.15, -0.1) is 0 Å². The van der Waals surface area contributed by atoms with Gasteiger partial charge < -0.3 is 21.1 Å². The third-order valence-corrected chi connectivity index (χ3v) is 7.65. The van der Waals surface area contributed by atoms with Gasteiger partial charge >= 0.3 is 0 Å². The van der Waals surface area contributed by atoms with Gasteiger partial charge in [0.25, 0.3) is 5.91 Å². The number of hydrogen-bond donors (Lipinski definition) is 4. The minimum Gasteiger partial charge on any atom is -0.496 e. The van der Waals surface area contributed by atoms with Crippen LogP contribution in [0.15, 0.2) is 42.7 Å². The molecule has 0 aliphatic rings. The van der Waals surface area contributed by atoms with E-state index in [1.807, 2.05) is 39.1 Å². The molecule has 1 aromatic heterocycles. The van der Waals surface area contributed by atoms with E-state index in [9.17, 15) is 4.79 Å². The Morgan fingerprint density at radius 1 is 1.15 bits per heavy atom. The summed E-state index contributed by atoms with van der Waals surface area (Å²) in [7, 11) is 3.55. The van der Waals surface area contributed by atoms with Crippen LogP contribution in [-0.4, -0.2) is 28.3 Å². The second-order valence-corrected chi connectivity index (χ2v) is 12.3. The molecule has 0 unspecified atom stereocenters. The Morgan fingerprint density at radius 3 is 2.39 bits per heavy atom. The molecule has 9 nitrogen and oxygen atoms in total. The van der Waals surface area contributed by atoms with Crippen LogP contribution in [0.1, 0.15) is 86.3 Å². The summed E-state index contributed by atoms with van der Waals surface area (Å²) >= 11 is 0. The maximum absolute atomic E-state index is 13.5. The lowest BCUT2D eigenvalue weighted by atomic mass is 9.84. The van der Waals surface area contributed by atoms with Crippen LogP contribution in [0, 0.1) is 13.8 Å². The molecule has 2 aromatic carbocycles. The van der Waals surface area contributed by atoms with Gasteiger partial charge in [-0.25, -0.2) is 5.84 Å². The summed E-state index contributed by atoms with van der Waals surface area (Å²) in [5.74, 6) is 7.00. The lowest BCUT2D eigenvalue weighted by Gasteiger charge is -2.28. The predicted octanol–water partition coefficient (Wildman–Crippen LogP) is 5.51. The first-order valence-corrected chi connectivity index (χ1v) is 14.0. The number of carbonyl (C=O) groups is 1.